The van der Waals surface area contributed by atoms with Crippen LogP contribution in [0.5, 0.6) is 5.75 Å². The van der Waals surface area contributed by atoms with E-state index in [9.17, 15) is 4.79 Å². The van der Waals surface area contributed by atoms with Gasteiger partial charge in [-0.2, -0.15) is 0 Å². The summed E-state index contributed by atoms with van der Waals surface area (Å²) < 4.78 is 18.2. The van der Waals surface area contributed by atoms with Gasteiger partial charge < -0.3 is 18.8 Å². The van der Waals surface area contributed by atoms with E-state index in [0.717, 1.165) is 45.6 Å². The molecule has 3 aromatic rings. The Morgan fingerprint density at radius 3 is 2.77 bits per heavy atom. The van der Waals surface area contributed by atoms with Crippen LogP contribution in [0.1, 0.15) is 36.5 Å². The van der Waals surface area contributed by atoms with Crippen molar-refractivity contribution in [1.29, 1.82) is 0 Å². The number of esters is 1. The zero-order chi connectivity index (χ0) is 21.8. The third kappa shape index (κ3) is 5.69. The maximum atomic E-state index is 11.9. The highest BCUT2D eigenvalue weighted by atomic mass is 79.9. The molecule has 0 saturated heterocycles. The standard InChI is InChI=1S/C25H28BrNO4/c1-3-29-24(28)11-18-6-4-5-7-23(18)30-15-20-16-31-25-19(10-21(26)12-22(20)25)14-27(2)13-17-8-9-17/h4-7,10,12,16-17H,3,8-9,11,13-15H2,1-2H3. The van der Waals surface area contributed by atoms with Gasteiger partial charge in [-0.15, -0.1) is 0 Å². The Morgan fingerprint density at radius 2 is 2.00 bits per heavy atom. The number of halogens is 1. The van der Waals surface area contributed by atoms with E-state index < -0.39 is 0 Å². The zero-order valence-corrected chi connectivity index (χ0v) is 19.6. The molecule has 0 unspecified atom stereocenters. The lowest BCUT2D eigenvalue weighted by molar-refractivity contribution is -0.142. The molecule has 0 amide bonds. The number of benzene rings is 2. The van der Waals surface area contributed by atoms with E-state index in [2.05, 4.69) is 40.0 Å². The van der Waals surface area contributed by atoms with Crippen molar-refractivity contribution >= 4 is 32.9 Å². The summed E-state index contributed by atoms with van der Waals surface area (Å²) in [5, 5.41) is 1.05. The van der Waals surface area contributed by atoms with Gasteiger partial charge in [-0.3, -0.25) is 4.79 Å². The molecule has 31 heavy (non-hydrogen) atoms. The summed E-state index contributed by atoms with van der Waals surface area (Å²) in [6.45, 7) is 4.52. The van der Waals surface area contributed by atoms with Crippen molar-refractivity contribution in [1.82, 2.24) is 4.90 Å². The van der Waals surface area contributed by atoms with E-state index in [1.165, 1.54) is 18.4 Å². The van der Waals surface area contributed by atoms with Crippen LogP contribution in [0.3, 0.4) is 0 Å². The number of rotatable bonds is 10. The topological polar surface area (TPSA) is 51.9 Å². The van der Waals surface area contributed by atoms with Crippen LogP contribution in [-0.4, -0.2) is 31.1 Å². The lowest BCUT2D eigenvalue weighted by Crippen LogP contribution is -2.20. The first-order valence-corrected chi connectivity index (χ1v) is 11.6. The smallest absolute Gasteiger partial charge is 0.310 e. The average molecular weight is 486 g/mol. The van der Waals surface area contributed by atoms with E-state index in [1.54, 1.807) is 13.2 Å². The fourth-order valence-electron chi connectivity index (χ4n) is 3.86. The van der Waals surface area contributed by atoms with Crippen LogP contribution in [0.25, 0.3) is 11.0 Å². The maximum absolute atomic E-state index is 11.9. The molecule has 164 valence electrons. The minimum atomic E-state index is -0.254. The first-order valence-electron chi connectivity index (χ1n) is 10.8. The molecule has 6 heteroatoms. The van der Waals surface area contributed by atoms with Crippen molar-refractivity contribution in [2.24, 2.45) is 5.92 Å². The molecule has 0 N–H and O–H groups in total. The van der Waals surface area contributed by atoms with Gasteiger partial charge in [0.05, 0.1) is 19.3 Å². The van der Waals surface area contributed by atoms with Gasteiger partial charge in [-0.1, -0.05) is 34.1 Å². The quantitative estimate of drug-likeness (QED) is 0.343. The number of carbonyl (C=O) groups is 1. The van der Waals surface area contributed by atoms with Gasteiger partial charge in [0.25, 0.3) is 0 Å². The average Bonchev–Trinajstić information content (AvgIpc) is 3.44. The van der Waals surface area contributed by atoms with Gasteiger partial charge in [0, 0.05) is 39.6 Å². The summed E-state index contributed by atoms with van der Waals surface area (Å²) in [5.74, 6) is 1.28. The van der Waals surface area contributed by atoms with Crippen LogP contribution < -0.4 is 4.74 Å². The van der Waals surface area contributed by atoms with Crippen molar-refractivity contribution in [3.63, 3.8) is 0 Å². The number of fused-ring (bicyclic) bond motifs is 1. The van der Waals surface area contributed by atoms with Crippen molar-refractivity contribution < 1.29 is 18.7 Å². The van der Waals surface area contributed by atoms with Gasteiger partial charge in [0.2, 0.25) is 0 Å². The monoisotopic (exact) mass is 485 g/mol. The van der Waals surface area contributed by atoms with Crippen molar-refractivity contribution in [3.8, 4) is 5.75 Å². The van der Waals surface area contributed by atoms with E-state index >= 15 is 0 Å². The van der Waals surface area contributed by atoms with Crippen LogP contribution in [0.15, 0.2) is 51.6 Å². The lowest BCUT2D eigenvalue weighted by atomic mass is 10.1. The highest BCUT2D eigenvalue weighted by Gasteiger charge is 2.23. The summed E-state index contributed by atoms with van der Waals surface area (Å²) in [6, 6.07) is 11.8. The Labute approximate surface area is 191 Å². The number of hydrogen-bond donors (Lipinski definition) is 0. The van der Waals surface area contributed by atoms with Gasteiger partial charge in [0.1, 0.15) is 17.9 Å². The third-order valence-electron chi connectivity index (χ3n) is 5.50. The minimum Gasteiger partial charge on any atom is -0.488 e. The summed E-state index contributed by atoms with van der Waals surface area (Å²) in [5.41, 5.74) is 3.87. The third-order valence-corrected chi connectivity index (χ3v) is 5.96. The summed E-state index contributed by atoms with van der Waals surface area (Å²) in [7, 11) is 2.17. The number of nitrogens with zero attached hydrogens (tertiary/aromatic N) is 1. The molecule has 0 radical (unpaired) electrons. The first-order chi connectivity index (χ1) is 15.0. The summed E-state index contributed by atoms with van der Waals surface area (Å²) in [4.78, 5) is 14.3. The van der Waals surface area contributed by atoms with Crippen LogP contribution in [0, 0.1) is 5.92 Å². The van der Waals surface area contributed by atoms with Crippen molar-refractivity contribution in [2.45, 2.75) is 39.3 Å². The van der Waals surface area contributed by atoms with Crippen LogP contribution in [0.4, 0.5) is 0 Å². The van der Waals surface area contributed by atoms with Gasteiger partial charge in [-0.05, 0) is 50.9 Å². The number of furan rings is 1. The second-order valence-electron chi connectivity index (χ2n) is 8.22. The maximum Gasteiger partial charge on any atom is 0.310 e. The lowest BCUT2D eigenvalue weighted by Gasteiger charge is -2.16. The Morgan fingerprint density at radius 1 is 1.19 bits per heavy atom. The Hall–Kier alpha value is -2.31. The summed E-state index contributed by atoms with van der Waals surface area (Å²) in [6.07, 6.45) is 4.66. The normalized spacial score (nSPS) is 13.7. The van der Waals surface area contributed by atoms with Gasteiger partial charge >= 0.3 is 5.97 Å². The van der Waals surface area contributed by atoms with Gasteiger partial charge in [-0.25, -0.2) is 0 Å². The van der Waals surface area contributed by atoms with E-state index in [1.807, 2.05) is 24.3 Å². The van der Waals surface area contributed by atoms with Crippen molar-refractivity contribution in [2.75, 3.05) is 20.2 Å². The largest absolute Gasteiger partial charge is 0.488 e. The number of hydrogen-bond acceptors (Lipinski definition) is 5. The molecule has 1 heterocycles. The molecular weight excluding hydrogens is 458 g/mol. The molecular formula is C25H28BrNO4. The molecule has 1 aliphatic rings. The molecule has 2 aromatic carbocycles. The number of para-hydroxylation sites is 1. The summed E-state index contributed by atoms with van der Waals surface area (Å²) >= 11 is 3.65. The molecule has 0 aliphatic heterocycles. The molecule has 0 bridgehead atoms. The Kier molecular flexibility index (Phi) is 6.98. The second kappa shape index (κ2) is 9.88. The molecule has 0 spiro atoms. The molecule has 1 fully saturated rings. The molecule has 0 atom stereocenters. The number of carbonyl (C=O) groups excluding carboxylic acids is 1. The number of ether oxygens (including phenoxy) is 2. The SMILES string of the molecule is CCOC(=O)Cc1ccccc1OCc1coc2c(CN(C)CC3CC3)cc(Br)cc12. The fraction of sp³-hybridized carbons (Fsp3) is 0.400. The second-order valence-corrected chi connectivity index (χ2v) is 9.14. The van der Waals surface area contributed by atoms with E-state index in [4.69, 9.17) is 13.9 Å². The van der Waals surface area contributed by atoms with Crippen LogP contribution in [0.2, 0.25) is 0 Å². The Balaban J connectivity index is 1.50. The van der Waals surface area contributed by atoms with Crippen LogP contribution in [-0.2, 0) is 29.1 Å². The highest BCUT2D eigenvalue weighted by molar-refractivity contribution is 9.10. The molecule has 1 aromatic heterocycles. The highest BCUT2D eigenvalue weighted by Crippen LogP contribution is 2.33. The van der Waals surface area contributed by atoms with Crippen molar-refractivity contribution in [3.05, 3.63) is 63.8 Å². The van der Waals surface area contributed by atoms with Gasteiger partial charge in [0.15, 0.2) is 0 Å². The molecule has 5 nitrogen and oxygen atoms in total. The Bertz CT molecular complexity index is 1060. The molecule has 4 rings (SSSR count). The predicted octanol–water partition coefficient (Wildman–Crippen LogP) is 5.72. The fourth-order valence-corrected chi connectivity index (χ4v) is 4.37. The van der Waals surface area contributed by atoms with Crippen LogP contribution >= 0.6 is 15.9 Å². The van der Waals surface area contributed by atoms with E-state index in [-0.39, 0.29) is 12.4 Å². The molecule has 1 saturated carbocycles. The minimum absolute atomic E-state index is 0.194. The van der Waals surface area contributed by atoms with E-state index in [0.29, 0.717) is 19.0 Å². The first kappa shape index (κ1) is 21.9. The molecule has 1 aliphatic carbocycles. The predicted molar refractivity (Wildman–Crippen MR) is 124 cm³/mol. The zero-order valence-electron chi connectivity index (χ0n) is 18.0.